The molecule has 0 N–H and O–H groups in total. The number of rotatable bonds is 3. The Balaban J connectivity index is 2.44. The van der Waals surface area contributed by atoms with Gasteiger partial charge in [-0.2, -0.15) is 0 Å². The van der Waals surface area contributed by atoms with Gasteiger partial charge in [0.05, 0.1) is 10.6 Å². The SMILES string of the molecule is CN(c1ccc(F)c(F)c1)S(=O)(=O)c1ccccc1. The summed E-state index contributed by atoms with van der Waals surface area (Å²) in [5.41, 5.74) is 0.0581. The highest BCUT2D eigenvalue weighted by atomic mass is 32.2. The van der Waals surface area contributed by atoms with E-state index in [1.807, 2.05) is 0 Å². The van der Waals surface area contributed by atoms with E-state index in [2.05, 4.69) is 0 Å². The van der Waals surface area contributed by atoms with Crippen molar-refractivity contribution in [3.8, 4) is 0 Å². The second kappa shape index (κ2) is 4.97. The first-order chi connectivity index (χ1) is 8.93. The Labute approximate surface area is 110 Å². The van der Waals surface area contributed by atoms with Crippen molar-refractivity contribution in [3.05, 3.63) is 60.2 Å². The van der Waals surface area contributed by atoms with Crippen molar-refractivity contribution in [2.24, 2.45) is 0 Å². The molecule has 0 fully saturated rings. The fraction of sp³-hybridized carbons (Fsp3) is 0.0769. The zero-order valence-corrected chi connectivity index (χ0v) is 10.9. The van der Waals surface area contributed by atoms with Gasteiger partial charge in [-0.1, -0.05) is 18.2 Å². The molecule has 0 aliphatic carbocycles. The summed E-state index contributed by atoms with van der Waals surface area (Å²) < 4.78 is 51.4. The zero-order valence-electron chi connectivity index (χ0n) is 10.0. The third kappa shape index (κ3) is 2.58. The van der Waals surface area contributed by atoms with Crippen LogP contribution in [0, 0.1) is 11.6 Å². The van der Waals surface area contributed by atoms with Gasteiger partial charge in [0, 0.05) is 13.1 Å². The van der Waals surface area contributed by atoms with Gasteiger partial charge in [-0.15, -0.1) is 0 Å². The van der Waals surface area contributed by atoms with Crippen LogP contribution in [0.1, 0.15) is 0 Å². The molecule has 0 saturated heterocycles. The standard InChI is InChI=1S/C13H11F2NO2S/c1-16(10-7-8-12(14)13(15)9-10)19(17,18)11-5-3-2-4-6-11/h2-9H,1H3. The predicted molar refractivity (Wildman–Crippen MR) is 68.4 cm³/mol. The Bertz CT molecular complexity index is 687. The molecule has 0 atom stereocenters. The van der Waals surface area contributed by atoms with Crippen LogP contribution in [0.25, 0.3) is 0 Å². The molecule has 100 valence electrons. The number of sulfonamides is 1. The minimum Gasteiger partial charge on any atom is -0.269 e. The summed E-state index contributed by atoms with van der Waals surface area (Å²) in [6.45, 7) is 0. The van der Waals surface area contributed by atoms with Crippen LogP contribution in [0.4, 0.5) is 14.5 Å². The third-order valence-electron chi connectivity index (χ3n) is 2.67. The molecule has 19 heavy (non-hydrogen) atoms. The monoisotopic (exact) mass is 283 g/mol. The van der Waals surface area contributed by atoms with Gasteiger partial charge in [0.15, 0.2) is 11.6 Å². The average Bonchev–Trinajstić information content (AvgIpc) is 2.42. The summed E-state index contributed by atoms with van der Waals surface area (Å²) in [6.07, 6.45) is 0. The molecule has 0 unspecified atom stereocenters. The van der Waals surface area contributed by atoms with E-state index in [4.69, 9.17) is 0 Å². The van der Waals surface area contributed by atoms with E-state index in [-0.39, 0.29) is 10.6 Å². The second-order valence-electron chi connectivity index (χ2n) is 3.88. The van der Waals surface area contributed by atoms with Crippen LogP contribution in [0.15, 0.2) is 53.4 Å². The van der Waals surface area contributed by atoms with Crippen molar-refractivity contribution in [1.82, 2.24) is 0 Å². The molecule has 0 aliphatic heterocycles. The summed E-state index contributed by atoms with van der Waals surface area (Å²) >= 11 is 0. The quantitative estimate of drug-likeness (QED) is 0.868. The highest BCUT2D eigenvalue weighted by Gasteiger charge is 2.21. The van der Waals surface area contributed by atoms with E-state index in [0.717, 1.165) is 16.4 Å². The van der Waals surface area contributed by atoms with Crippen LogP contribution >= 0.6 is 0 Å². The van der Waals surface area contributed by atoms with Crippen molar-refractivity contribution in [1.29, 1.82) is 0 Å². The molecule has 0 amide bonds. The maximum absolute atomic E-state index is 13.1. The molecule has 2 aromatic rings. The summed E-state index contributed by atoms with van der Waals surface area (Å²) in [6, 6.07) is 10.7. The van der Waals surface area contributed by atoms with Crippen LogP contribution in [-0.4, -0.2) is 15.5 Å². The summed E-state index contributed by atoms with van der Waals surface area (Å²) in [4.78, 5) is 0.0854. The van der Waals surface area contributed by atoms with Gasteiger partial charge in [0.25, 0.3) is 10.0 Å². The highest BCUT2D eigenvalue weighted by molar-refractivity contribution is 7.92. The molecule has 2 aromatic carbocycles. The number of nitrogens with zero attached hydrogens (tertiary/aromatic N) is 1. The lowest BCUT2D eigenvalue weighted by Gasteiger charge is -2.19. The van der Waals surface area contributed by atoms with Crippen molar-refractivity contribution >= 4 is 15.7 Å². The minimum absolute atomic E-state index is 0.0581. The number of anilines is 1. The smallest absolute Gasteiger partial charge is 0.264 e. The second-order valence-corrected chi connectivity index (χ2v) is 5.85. The molecule has 3 nitrogen and oxygen atoms in total. The maximum Gasteiger partial charge on any atom is 0.264 e. The Morgan fingerprint density at radius 1 is 0.947 bits per heavy atom. The molecule has 0 bridgehead atoms. The van der Waals surface area contributed by atoms with E-state index in [1.54, 1.807) is 18.2 Å². The Kier molecular flexibility index (Phi) is 3.53. The van der Waals surface area contributed by atoms with Gasteiger partial charge in [0.2, 0.25) is 0 Å². The van der Waals surface area contributed by atoms with Crippen LogP contribution in [0.2, 0.25) is 0 Å². The average molecular weight is 283 g/mol. The van der Waals surface area contributed by atoms with Gasteiger partial charge in [-0.05, 0) is 24.3 Å². The fourth-order valence-electron chi connectivity index (χ4n) is 1.57. The topological polar surface area (TPSA) is 37.4 Å². The molecule has 0 saturated carbocycles. The van der Waals surface area contributed by atoms with Crippen molar-refractivity contribution in [2.75, 3.05) is 11.4 Å². The molecular weight excluding hydrogens is 272 g/mol. The van der Waals surface area contributed by atoms with Crippen LogP contribution in [-0.2, 0) is 10.0 Å². The molecule has 0 heterocycles. The molecule has 0 radical (unpaired) electrons. The number of hydrogen-bond acceptors (Lipinski definition) is 2. The van der Waals surface area contributed by atoms with Gasteiger partial charge < -0.3 is 0 Å². The van der Waals surface area contributed by atoms with Crippen LogP contribution < -0.4 is 4.31 Å². The highest BCUT2D eigenvalue weighted by Crippen LogP contribution is 2.23. The van der Waals surface area contributed by atoms with Crippen molar-refractivity contribution in [2.45, 2.75) is 4.90 Å². The number of benzene rings is 2. The fourth-order valence-corrected chi connectivity index (χ4v) is 2.78. The predicted octanol–water partition coefficient (Wildman–Crippen LogP) is 2.79. The van der Waals surface area contributed by atoms with E-state index in [1.165, 1.54) is 25.2 Å². The zero-order chi connectivity index (χ0) is 14.0. The summed E-state index contributed by atoms with van der Waals surface area (Å²) in [7, 11) is -2.49. The molecule has 6 heteroatoms. The minimum atomic E-state index is -3.78. The first-order valence-electron chi connectivity index (χ1n) is 5.42. The Morgan fingerprint density at radius 3 is 2.16 bits per heavy atom. The summed E-state index contributed by atoms with van der Waals surface area (Å²) in [5.74, 6) is -2.11. The van der Waals surface area contributed by atoms with Gasteiger partial charge in [-0.25, -0.2) is 17.2 Å². The van der Waals surface area contributed by atoms with Crippen molar-refractivity contribution < 1.29 is 17.2 Å². The van der Waals surface area contributed by atoms with Crippen molar-refractivity contribution in [3.63, 3.8) is 0 Å². The normalized spacial score (nSPS) is 11.3. The van der Waals surface area contributed by atoms with Crippen LogP contribution in [0.3, 0.4) is 0 Å². The van der Waals surface area contributed by atoms with E-state index in [0.29, 0.717) is 0 Å². The largest absolute Gasteiger partial charge is 0.269 e. The lowest BCUT2D eigenvalue weighted by Crippen LogP contribution is -2.26. The number of hydrogen-bond donors (Lipinski definition) is 0. The molecule has 2 rings (SSSR count). The molecule has 0 aromatic heterocycles. The first-order valence-corrected chi connectivity index (χ1v) is 6.86. The molecular formula is C13H11F2NO2S. The van der Waals surface area contributed by atoms with E-state index < -0.39 is 21.7 Å². The van der Waals surface area contributed by atoms with Crippen LogP contribution in [0.5, 0.6) is 0 Å². The number of halogens is 2. The van der Waals surface area contributed by atoms with E-state index in [9.17, 15) is 17.2 Å². The Hall–Kier alpha value is -1.95. The third-order valence-corrected chi connectivity index (χ3v) is 4.47. The van der Waals surface area contributed by atoms with E-state index >= 15 is 0 Å². The maximum atomic E-state index is 13.1. The Morgan fingerprint density at radius 2 is 1.58 bits per heavy atom. The lowest BCUT2D eigenvalue weighted by atomic mass is 10.3. The van der Waals surface area contributed by atoms with Gasteiger partial charge >= 0.3 is 0 Å². The summed E-state index contributed by atoms with van der Waals surface area (Å²) in [5, 5.41) is 0. The molecule has 0 aliphatic rings. The van der Waals surface area contributed by atoms with Gasteiger partial charge in [-0.3, -0.25) is 4.31 Å². The molecule has 0 spiro atoms. The lowest BCUT2D eigenvalue weighted by molar-refractivity contribution is 0.509. The first kappa shape index (κ1) is 13.5. The van der Waals surface area contributed by atoms with Gasteiger partial charge in [0.1, 0.15) is 0 Å².